The maximum absolute atomic E-state index is 12.5. The van der Waals surface area contributed by atoms with Crippen LogP contribution in [-0.2, 0) is 24.3 Å². The maximum Gasteiger partial charge on any atom is 0.228 e. The van der Waals surface area contributed by atoms with Crippen molar-refractivity contribution in [2.45, 2.75) is 32.4 Å². The largest absolute Gasteiger partial charge is 0.318 e. The van der Waals surface area contributed by atoms with Gasteiger partial charge in [-0.1, -0.05) is 0 Å². The minimum Gasteiger partial charge on any atom is -0.318 e. The van der Waals surface area contributed by atoms with Crippen molar-refractivity contribution >= 4 is 11.7 Å². The number of aromatic nitrogens is 6. The van der Waals surface area contributed by atoms with Gasteiger partial charge in [-0.05, 0) is 30.5 Å². The van der Waals surface area contributed by atoms with Crippen molar-refractivity contribution in [2.24, 2.45) is 5.92 Å². The van der Waals surface area contributed by atoms with E-state index in [1.807, 2.05) is 29.0 Å². The number of carbonyl (C=O) groups is 1. The Labute approximate surface area is 144 Å². The Morgan fingerprint density at radius 2 is 2.12 bits per heavy atom. The fourth-order valence-corrected chi connectivity index (χ4v) is 3.08. The predicted octanol–water partition coefficient (Wildman–Crippen LogP) is 1.51. The van der Waals surface area contributed by atoms with Crippen LogP contribution in [0.4, 0.5) is 5.82 Å². The van der Waals surface area contributed by atoms with Crippen molar-refractivity contribution in [3.05, 3.63) is 54.5 Å². The van der Waals surface area contributed by atoms with Gasteiger partial charge in [-0.25, -0.2) is 0 Å². The molecule has 8 heteroatoms. The number of amides is 1. The first kappa shape index (κ1) is 15.5. The predicted molar refractivity (Wildman–Crippen MR) is 90.6 cm³/mol. The Morgan fingerprint density at radius 3 is 3.00 bits per heavy atom. The molecule has 25 heavy (non-hydrogen) atoms. The molecule has 3 aromatic rings. The number of hydrogen-bond donors (Lipinski definition) is 1. The third-order valence-electron chi connectivity index (χ3n) is 4.49. The van der Waals surface area contributed by atoms with Crippen LogP contribution in [0.2, 0.25) is 0 Å². The minimum atomic E-state index is -0.0351. The van der Waals surface area contributed by atoms with Gasteiger partial charge < -0.3 is 9.88 Å². The van der Waals surface area contributed by atoms with E-state index in [9.17, 15) is 4.79 Å². The van der Waals surface area contributed by atoms with Gasteiger partial charge in [0.1, 0.15) is 12.2 Å². The zero-order valence-electron chi connectivity index (χ0n) is 13.7. The first-order valence-electron chi connectivity index (χ1n) is 8.38. The molecule has 8 nitrogen and oxygen atoms in total. The third-order valence-corrected chi connectivity index (χ3v) is 4.49. The summed E-state index contributed by atoms with van der Waals surface area (Å²) in [5.41, 5.74) is 1.11. The number of pyridine rings is 1. The Kier molecular flexibility index (Phi) is 4.24. The lowest BCUT2D eigenvalue weighted by Crippen LogP contribution is -2.23. The highest BCUT2D eigenvalue weighted by Crippen LogP contribution is 2.20. The molecular formula is C17H19N7O. The number of rotatable bonds is 4. The third kappa shape index (κ3) is 3.57. The number of nitrogens with one attached hydrogen (secondary N) is 1. The van der Waals surface area contributed by atoms with Gasteiger partial charge in [0.25, 0.3) is 0 Å². The van der Waals surface area contributed by atoms with Crippen molar-refractivity contribution in [3.8, 4) is 0 Å². The molecular weight excluding hydrogens is 318 g/mol. The topological polar surface area (TPSA) is 90.5 Å². The molecule has 4 rings (SSSR count). The van der Waals surface area contributed by atoms with Crippen LogP contribution in [0.15, 0.2) is 43.1 Å². The summed E-state index contributed by atoms with van der Waals surface area (Å²) in [5.74, 6) is 1.53. The lowest BCUT2D eigenvalue weighted by Gasteiger charge is -2.12. The van der Waals surface area contributed by atoms with E-state index in [2.05, 4.69) is 25.6 Å². The molecule has 0 fully saturated rings. The summed E-state index contributed by atoms with van der Waals surface area (Å²) in [4.78, 5) is 16.6. The van der Waals surface area contributed by atoms with Gasteiger partial charge in [0, 0.05) is 43.5 Å². The van der Waals surface area contributed by atoms with Gasteiger partial charge in [-0.2, -0.15) is 5.10 Å². The molecule has 0 saturated carbocycles. The molecule has 0 spiro atoms. The molecule has 0 saturated heterocycles. The van der Waals surface area contributed by atoms with Crippen molar-refractivity contribution in [1.82, 2.24) is 29.5 Å². The second-order valence-corrected chi connectivity index (χ2v) is 6.21. The second kappa shape index (κ2) is 6.84. The normalized spacial score (nSPS) is 16.9. The molecule has 3 aromatic heterocycles. The van der Waals surface area contributed by atoms with E-state index in [1.165, 1.54) is 0 Å². The van der Waals surface area contributed by atoms with Gasteiger partial charge in [0.05, 0.1) is 6.54 Å². The highest BCUT2D eigenvalue weighted by Gasteiger charge is 2.23. The van der Waals surface area contributed by atoms with Crippen molar-refractivity contribution in [3.63, 3.8) is 0 Å². The summed E-state index contributed by atoms with van der Waals surface area (Å²) < 4.78 is 3.83. The molecule has 1 unspecified atom stereocenters. The van der Waals surface area contributed by atoms with Crippen LogP contribution in [0.3, 0.4) is 0 Å². The highest BCUT2D eigenvalue weighted by atomic mass is 16.2. The fraction of sp³-hybridized carbons (Fsp3) is 0.353. The van der Waals surface area contributed by atoms with E-state index in [-0.39, 0.29) is 11.8 Å². The second-order valence-electron chi connectivity index (χ2n) is 6.21. The summed E-state index contributed by atoms with van der Waals surface area (Å²) in [6, 6.07) is 5.72. The van der Waals surface area contributed by atoms with Crippen LogP contribution in [-0.4, -0.2) is 35.4 Å². The minimum absolute atomic E-state index is 0.0212. The molecule has 0 radical (unpaired) electrons. The SMILES string of the molecule is O=C(Nc1ccn(Cc2ccncc2)n1)C1CCc2nncn2CC1. The number of anilines is 1. The summed E-state index contributed by atoms with van der Waals surface area (Å²) in [6.45, 7) is 1.42. The summed E-state index contributed by atoms with van der Waals surface area (Å²) >= 11 is 0. The van der Waals surface area contributed by atoms with Crippen LogP contribution in [0, 0.1) is 5.92 Å². The number of carbonyl (C=O) groups excluding carboxylic acids is 1. The maximum atomic E-state index is 12.5. The van der Waals surface area contributed by atoms with Crippen molar-refractivity contribution in [1.29, 1.82) is 0 Å². The highest BCUT2D eigenvalue weighted by molar-refractivity contribution is 5.91. The van der Waals surface area contributed by atoms with Crippen LogP contribution in [0.5, 0.6) is 0 Å². The van der Waals surface area contributed by atoms with Gasteiger partial charge in [-0.3, -0.25) is 14.5 Å². The van der Waals surface area contributed by atoms with E-state index in [0.29, 0.717) is 12.4 Å². The Bertz CT molecular complexity index is 832. The molecule has 1 atom stereocenters. The quantitative estimate of drug-likeness (QED) is 0.779. The van der Waals surface area contributed by atoms with Crippen molar-refractivity contribution in [2.75, 3.05) is 5.32 Å². The summed E-state index contributed by atoms with van der Waals surface area (Å²) in [7, 11) is 0. The molecule has 4 heterocycles. The van der Waals surface area contributed by atoms with Crippen LogP contribution < -0.4 is 5.32 Å². The van der Waals surface area contributed by atoms with Gasteiger partial charge in [-0.15, -0.1) is 10.2 Å². The van der Waals surface area contributed by atoms with Crippen LogP contribution >= 0.6 is 0 Å². The number of fused-ring (bicyclic) bond motifs is 1. The molecule has 0 bridgehead atoms. The first-order valence-corrected chi connectivity index (χ1v) is 8.38. The molecule has 1 N–H and O–H groups in total. The Morgan fingerprint density at radius 1 is 1.24 bits per heavy atom. The van der Waals surface area contributed by atoms with Crippen LogP contribution in [0.1, 0.15) is 24.2 Å². The zero-order valence-corrected chi connectivity index (χ0v) is 13.7. The van der Waals surface area contributed by atoms with Gasteiger partial charge in [0.15, 0.2) is 5.82 Å². The van der Waals surface area contributed by atoms with Gasteiger partial charge >= 0.3 is 0 Å². The van der Waals surface area contributed by atoms with E-state index in [0.717, 1.165) is 37.2 Å². The lowest BCUT2D eigenvalue weighted by molar-refractivity contribution is -0.120. The summed E-state index contributed by atoms with van der Waals surface area (Å²) in [6.07, 6.45) is 9.45. The average Bonchev–Trinajstić information content (AvgIpc) is 3.21. The summed E-state index contributed by atoms with van der Waals surface area (Å²) in [5, 5.41) is 15.4. The number of nitrogens with zero attached hydrogens (tertiary/aromatic N) is 6. The fourth-order valence-electron chi connectivity index (χ4n) is 3.08. The molecule has 1 aliphatic heterocycles. The monoisotopic (exact) mass is 337 g/mol. The number of hydrogen-bond acceptors (Lipinski definition) is 5. The molecule has 128 valence electrons. The average molecular weight is 337 g/mol. The first-order chi connectivity index (χ1) is 12.3. The van der Waals surface area contributed by atoms with E-state index in [4.69, 9.17) is 0 Å². The zero-order chi connectivity index (χ0) is 17.1. The van der Waals surface area contributed by atoms with E-state index in [1.54, 1.807) is 23.4 Å². The van der Waals surface area contributed by atoms with Crippen LogP contribution in [0.25, 0.3) is 0 Å². The van der Waals surface area contributed by atoms with E-state index >= 15 is 0 Å². The van der Waals surface area contributed by atoms with Gasteiger partial charge in [0.2, 0.25) is 5.91 Å². The molecule has 1 aliphatic rings. The van der Waals surface area contributed by atoms with E-state index < -0.39 is 0 Å². The van der Waals surface area contributed by atoms with Crippen molar-refractivity contribution < 1.29 is 4.79 Å². The standard InChI is InChI=1S/C17H19N7O/c25-17(14-1-2-16-21-19-12-23(16)9-5-14)20-15-6-10-24(22-15)11-13-3-7-18-8-4-13/h3-4,6-8,10,12,14H,1-2,5,9,11H2,(H,20,22,25). The Balaban J connectivity index is 1.36. The smallest absolute Gasteiger partial charge is 0.228 e. The number of aryl methyl sites for hydroxylation is 2. The molecule has 1 amide bonds. The molecule has 0 aromatic carbocycles. The Hall–Kier alpha value is -3.03. The lowest BCUT2D eigenvalue weighted by atomic mass is 9.99. The molecule has 0 aliphatic carbocycles.